The molecule has 29 heavy (non-hydrogen) atoms. The number of sulfonamides is 1. The van der Waals surface area contributed by atoms with Crippen LogP contribution in [0.5, 0.6) is 5.75 Å². The summed E-state index contributed by atoms with van der Waals surface area (Å²) in [5, 5.41) is 4.30. The third kappa shape index (κ3) is 3.20. The number of nitrogens with one attached hydrogen (secondary N) is 1. The number of pyridine rings is 1. The van der Waals surface area contributed by atoms with Crippen LogP contribution in [-0.4, -0.2) is 57.1 Å². The zero-order valence-electron chi connectivity index (χ0n) is 15.3. The Morgan fingerprint density at radius 1 is 1.17 bits per heavy atom. The number of nitrogens with zero attached hydrogens (tertiary/aromatic N) is 4. The zero-order valence-corrected chi connectivity index (χ0v) is 17.7. The Labute approximate surface area is 177 Å². The molecule has 1 saturated heterocycles. The van der Waals surface area contributed by atoms with E-state index in [0.29, 0.717) is 21.8 Å². The van der Waals surface area contributed by atoms with Gasteiger partial charge in [-0.3, -0.25) is 4.31 Å². The molecule has 8 nitrogen and oxygen atoms in total. The summed E-state index contributed by atoms with van der Waals surface area (Å²) in [4.78, 5) is 6.34. The highest BCUT2D eigenvalue weighted by Crippen LogP contribution is 2.45. The Morgan fingerprint density at radius 2 is 1.97 bits per heavy atom. The molecular weight excluding hydrogens is 434 g/mol. The number of fused-ring (bicyclic) bond motifs is 2. The molecule has 0 atom stereocenters. The fraction of sp³-hybridized carbons (Fsp3) is 0.333. The summed E-state index contributed by atoms with van der Waals surface area (Å²) >= 11 is 7.64. The van der Waals surface area contributed by atoms with Crippen LogP contribution >= 0.6 is 23.1 Å². The summed E-state index contributed by atoms with van der Waals surface area (Å²) in [5.74, 6) is 0.543. The number of ether oxygens (including phenoxy) is 1. The van der Waals surface area contributed by atoms with Crippen molar-refractivity contribution in [3.63, 3.8) is 0 Å². The molecule has 0 bridgehead atoms. The fourth-order valence-electron chi connectivity index (χ4n) is 3.72. The largest absolute Gasteiger partial charge is 0.487 e. The molecule has 1 fully saturated rings. The van der Waals surface area contributed by atoms with Crippen molar-refractivity contribution < 1.29 is 13.2 Å². The summed E-state index contributed by atoms with van der Waals surface area (Å²) in [5.41, 5.74) is 1.26. The normalized spacial score (nSPS) is 17.3. The molecule has 5 rings (SSSR count). The number of benzene rings is 1. The van der Waals surface area contributed by atoms with Gasteiger partial charge in [-0.15, -0.1) is 0 Å². The van der Waals surface area contributed by atoms with Crippen LogP contribution in [0.25, 0.3) is 10.1 Å². The molecule has 0 spiro atoms. The first kappa shape index (κ1) is 18.9. The number of piperazine rings is 1. The van der Waals surface area contributed by atoms with E-state index >= 15 is 0 Å². The van der Waals surface area contributed by atoms with Crippen molar-refractivity contribution in [3.8, 4) is 5.75 Å². The van der Waals surface area contributed by atoms with Gasteiger partial charge in [-0.2, -0.15) is 12.8 Å². The van der Waals surface area contributed by atoms with Crippen LogP contribution in [0.4, 0.5) is 11.4 Å². The van der Waals surface area contributed by atoms with Crippen molar-refractivity contribution in [2.75, 3.05) is 48.5 Å². The van der Waals surface area contributed by atoms with E-state index < -0.39 is 10.0 Å². The molecule has 0 aliphatic carbocycles. The predicted octanol–water partition coefficient (Wildman–Crippen LogP) is 2.34. The van der Waals surface area contributed by atoms with E-state index in [1.807, 2.05) is 6.07 Å². The average Bonchev–Trinajstić information content (AvgIpc) is 3.22. The minimum atomic E-state index is -3.92. The van der Waals surface area contributed by atoms with Gasteiger partial charge >= 0.3 is 0 Å². The monoisotopic (exact) mass is 451 g/mol. The maximum Gasteiger partial charge on any atom is 0.282 e. The second kappa shape index (κ2) is 7.28. The van der Waals surface area contributed by atoms with Crippen LogP contribution < -0.4 is 19.3 Å². The van der Waals surface area contributed by atoms with Crippen molar-refractivity contribution in [1.82, 2.24) is 14.7 Å². The highest BCUT2D eigenvalue weighted by atomic mass is 35.5. The SMILES string of the molecule is O=S(=O)(c1nccc2sncc12)N1CCOc2c(N3CCNCC3)cc(Cl)cc21. The Hall–Kier alpha value is -2.14. The van der Waals surface area contributed by atoms with Crippen LogP contribution in [-0.2, 0) is 10.0 Å². The quantitative estimate of drug-likeness (QED) is 0.653. The van der Waals surface area contributed by atoms with Crippen molar-refractivity contribution in [3.05, 3.63) is 35.6 Å². The van der Waals surface area contributed by atoms with Crippen LogP contribution in [0.3, 0.4) is 0 Å². The number of rotatable bonds is 3. The highest BCUT2D eigenvalue weighted by Gasteiger charge is 2.35. The molecular formula is C18H18ClN5O3S2. The van der Waals surface area contributed by atoms with Gasteiger partial charge in [0.1, 0.15) is 6.61 Å². The fourth-order valence-corrected chi connectivity index (χ4v) is 6.19. The van der Waals surface area contributed by atoms with E-state index in [0.717, 1.165) is 36.6 Å². The minimum Gasteiger partial charge on any atom is -0.487 e. The molecule has 2 aliphatic rings. The lowest BCUT2D eigenvalue weighted by molar-refractivity contribution is 0.315. The molecule has 3 aromatic rings. The molecule has 1 N–H and O–H groups in total. The Morgan fingerprint density at radius 3 is 2.79 bits per heavy atom. The summed E-state index contributed by atoms with van der Waals surface area (Å²) in [6, 6.07) is 5.24. The number of hydrogen-bond acceptors (Lipinski definition) is 8. The average molecular weight is 452 g/mol. The topological polar surface area (TPSA) is 87.7 Å². The van der Waals surface area contributed by atoms with E-state index in [1.54, 1.807) is 18.3 Å². The summed E-state index contributed by atoms with van der Waals surface area (Å²) in [6.07, 6.45) is 3.05. The van der Waals surface area contributed by atoms with Crippen molar-refractivity contribution in [1.29, 1.82) is 0 Å². The van der Waals surface area contributed by atoms with E-state index in [2.05, 4.69) is 19.6 Å². The summed E-state index contributed by atoms with van der Waals surface area (Å²) < 4.78 is 39.3. The smallest absolute Gasteiger partial charge is 0.282 e. The zero-order chi connectivity index (χ0) is 20.0. The summed E-state index contributed by atoms with van der Waals surface area (Å²) in [7, 11) is -3.92. The van der Waals surface area contributed by atoms with Gasteiger partial charge in [-0.1, -0.05) is 11.6 Å². The van der Waals surface area contributed by atoms with E-state index in [4.69, 9.17) is 16.3 Å². The second-order valence-electron chi connectivity index (χ2n) is 6.79. The molecule has 2 aliphatic heterocycles. The lowest BCUT2D eigenvalue weighted by Crippen LogP contribution is -2.44. The third-order valence-electron chi connectivity index (χ3n) is 5.06. The molecule has 0 saturated carbocycles. The Kier molecular flexibility index (Phi) is 4.73. The number of halogens is 1. The standard InChI is InChI=1S/C18H18ClN5O3S2/c19-12-9-14(23-5-3-20-4-6-23)17-15(10-12)24(7-8-27-17)29(25,26)18-13-11-22-28-16(13)1-2-21-18/h1-2,9-11,20H,3-8H2. The van der Waals surface area contributed by atoms with Crippen LogP contribution in [0.15, 0.2) is 35.6 Å². The van der Waals surface area contributed by atoms with E-state index in [9.17, 15) is 8.42 Å². The van der Waals surface area contributed by atoms with Gasteiger partial charge in [0.25, 0.3) is 10.0 Å². The maximum atomic E-state index is 13.6. The van der Waals surface area contributed by atoms with Crippen molar-refractivity contribution >= 4 is 54.6 Å². The number of aromatic nitrogens is 2. The van der Waals surface area contributed by atoms with Gasteiger partial charge in [-0.25, -0.2) is 4.98 Å². The third-order valence-corrected chi connectivity index (χ3v) is 7.82. The van der Waals surface area contributed by atoms with Gasteiger partial charge < -0.3 is 15.0 Å². The number of anilines is 2. The molecule has 0 radical (unpaired) electrons. The van der Waals surface area contributed by atoms with E-state index in [-0.39, 0.29) is 18.2 Å². The summed E-state index contributed by atoms with van der Waals surface area (Å²) in [6.45, 7) is 3.73. The maximum absolute atomic E-state index is 13.6. The molecule has 4 heterocycles. The lowest BCUT2D eigenvalue weighted by atomic mass is 10.2. The van der Waals surface area contributed by atoms with Gasteiger partial charge in [0, 0.05) is 37.4 Å². The van der Waals surface area contributed by atoms with Crippen LogP contribution in [0.2, 0.25) is 5.02 Å². The van der Waals surface area contributed by atoms with Gasteiger partial charge in [0.2, 0.25) is 0 Å². The van der Waals surface area contributed by atoms with Crippen LogP contribution in [0, 0.1) is 0 Å². The van der Waals surface area contributed by atoms with Gasteiger partial charge in [0.05, 0.1) is 34.2 Å². The molecule has 2 aromatic heterocycles. The first-order valence-corrected chi connectivity index (χ1v) is 11.8. The van der Waals surface area contributed by atoms with Gasteiger partial charge in [0.15, 0.2) is 10.8 Å². The lowest BCUT2D eigenvalue weighted by Gasteiger charge is -2.36. The molecule has 0 unspecified atom stereocenters. The molecule has 0 amide bonds. The first-order valence-electron chi connectivity index (χ1n) is 9.20. The minimum absolute atomic E-state index is 0.000276. The molecule has 152 valence electrons. The van der Waals surface area contributed by atoms with Crippen molar-refractivity contribution in [2.24, 2.45) is 0 Å². The predicted molar refractivity (Wildman–Crippen MR) is 114 cm³/mol. The Balaban J connectivity index is 1.64. The van der Waals surface area contributed by atoms with E-state index in [1.165, 1.54) is 22.0 Å². The van der Waals surface area contributed by atoms with Crippen LogP contribution in [0.1, 0.15) is 0 Å². The molecule has 1 aromatic carbocycles. The van der Waals surface area contributed by atoms with Crippen molar-refractivity contribution in [2.45, 2.75) is 5.03 Å². The second-order valence-corrected chi connectivity index (χ2v) is 9.84. The first-order chi connectivity index (χ1) is 14.1. The number of hydrogen-bond donors (Lipinski definition) is 1. The highest BCUT2D eigenvalue weighted by molar-refractivity contribution is 7.93. The molecule has 11 heteroatoms. The van der Waals surface area contributed by atoms with Gasteiger partial charge in [-0.05, 0) is 29.7 Å². The Bertz CT molecular complexity index is 1180.